The normalized spacial score (nSPS) is 21.0. The first-order valence-corrected chi connectivity index (χ1v) is 12.7. The molecule has 0 radical (unpaired) electrons. The van der Waals surface area contributed by atoms with E-state index in [1.807, 2.05) is 13.0 Å². The molecule has 1 aromatic rings. The van der Waals surface area contributed by atoms with Gasteiger partial charge in [-0.3, -0.25) is 9.59 Å². The molecular weight excluding hydrogens is 491 g/mol. The minimum Gasteiger partial charge on any atom is -0.493 e. The largest absolute Gasteiger partial charge is 0.493 e. The van der Waals surface area contributed by atoms with Gasteiger partial charge in [0.05, 0.1) is 14.2 Å². The smallest absolute Gasteiger partial charge is 0.313 e. The van der Waals surface area contributed by atoms with Crippen molar-refractivity contribution in [1.82, 2.24) is 10.2 Å². The highest BCUT2D eigenvalue weighted by Gasteiger charge is 2.24. The lowest BCUT2D eigenvalue weighted by molar-refractivity contribution is -0.136. The van der Waals surface area contributed by atoms with E-state index in [0.29, 0.717) is 29.9 Å². The van der Waals surface area contributed by atoms with Crippen LogP contribution in [0.3, 0.4) is 0 Å². The van der Waals surface area contributed by atoms with E-state index in [2.05, 4.69) is 22.6 Å². The summed E-state index contributed by atoms with van der Waals surface area (Å²) >= 11 is 0. The van der Waals surface area contributed by atoms with Gasteiger partial charge in [-0.15, -0.1) is 0 Å². The molecule has 38 heavy (non-hydrogen) atoms. The molecule has 0 aromatic heterocycles. The van der Waals surface area contributed by atoms with Gasteiger partial charge in [0.1, 0.15) is 5.76 Å². The quantitative estimate of drug-likeness (QED) is 0.314. The first-order chi connectivity index (χ1) is 18.3. The average molecular weight is 529 g/mol. The van der Waals surface area contributed by atoms with Gasteiger partial charge in [0, 0.05) is 35.8 Å². The second-order valence-corrected chi connectivity index (χ2v) is 9.16. The van der Waals surface area contributed by atoms with Crippen LogP contribution in [0.4, 0.5) is 10.1 Å². The second-order valence-electron chi connectivity index (χ2n) is 9.16. The molecule has 1 heterocycles. The lowest BCUT2D eigenvalue weighted by Gasteiger charge is -2.24. The average Bonchev–Trinajstić information content (AvgIpc) is 3.33. The van der Waals surface area contributed by atoms with Gasteiger partial charge in [-0.25, -0.2) is 4.39 Å². The van der Waals surface area contributed by atoms with Crippen molar-refractivity contribution < 1.29 is 28.2 Å². The molecule has 0 saturated carbocycles. The molecule has 0 spiro atoms. The number of anilines is 1. The van der Waals surface area contributed by atoms with Crippen LogP contribution in [-0.4, -0.2) is 57.1 Å². The number of benzene rings is 1. The van der Waals surface area contributed by atoms with Crippen molar-refractivity contribution in [2.24, 2.45) is 11.7 Å². The molecule has 2 aliphatic rings. The van der Waals surface area contributed by atoms with E-state index in [1.54, 1.807) is 13.2 Å². The summed E-state index contributed by atoms with van der Waals surface area (Å²) in [5, 5.41) is 5.06. The number of ether oxygens (including phenoxy) is 3. The molecule has 1 aromatic carbocycles. The molecule has 2 unspecified atom stereocenters. The Bertz CT molecular complexity index is 1140. The summed E-state index contributed by atoms with van der Waals surface area (Å²) in [6.45, 7) is 3.44. The molecule has 4 N–H and O–H groups in total. The predicted molar refractivity (Wildman–Crippen MR) is 143 cm³/mol. The number of halogens is 1. The first-order valence-electron chi connectivity index (χ1n) is 12.7. The monoisotopic (exact) mass is 528 g/mol. The summed E-state index contributed by atoms with van der Waals surface area (Å²) < 4.78 is 31.7. The zero-order chi connectivity index (χ0) is 27.7. The van der Waals surface area contributed by atoms with Gasteiger partial charge >= 0.3 is 11.8 Å². The lowest BCUT2D eigenvalue weighted by Crippen LogP contribution is -2.38. The van der Waals surface area contributed by atoms with Crippen molar-refractivity contribution in [1.29, 1.82) is 0 Å². The third kappa shape index (κ3) is 7.16. The molecule has 0 bridgehead atoms. The number of rotatable bonds is 10. The molecule has 1 aliphatic heterocycles. The summed E-state index contributed by atoms with van der Waals surface area (Å²) in [4.78, 5) is 26.7. The maximum absolute atomic E-state index is 15.0. The SMILES string of the molecule is CCC1C=C(OC)C(OC)=C/C1=C(/C=C\N)Oc1ccc(NC(=O)C(=O)NCCC2CCCN2C)cc1F. The minimum absolute atomic E-state index is 0.0718. The summed E-state index contributed by atoms with van der Waals surface area (Å²) in [5.41, 5.74) is 6.52. The Morgan fingerprint density at radius 3 is 2.58 bits per heavy atom. The van der Waals surface area contributed by atoms with E-state index in [1.165, 1.54) is 31.5 Å². The predicted octanol–water partition coefficient (Wildman–Crippen LogP) is 3.57. The highest BCUT2D eigenvalue weighted by Crippen LogP contribution is 2.34. The molecule has 1 aliphatic carbocycles. The van der Waals surface area contributed by atoms with Crippen LogP contribution in [0.1, 0.15) is 32.6 Å². The number of hydrogen-bond donors (Lipinski definition) is 3. The molecule has 3 rings (SSSR count). The third-order valence-corrected chi connectivity index (χ3v) is 6.74. The topological polar surface area (TPSA) is 115 Å². The zero-order valence-corrected chi connectivity index (χ0v) is 22.4. The van der Waals surface area contributed by atoms with Gasteiger partial charge in [-0.1, -0.05) is 6.92 Å². The van der Waals surface area contributed by atoms with Gasteiger partial charge in [-0.05, 0) is 75.8 Å². The highest BCUT2D eigenvalue weighted by atomic mass is 19.1. The number of amides is 2. The minimum atomic E-state index is -0.863. The van der Waals surface area contributed by atoms with E-state index < -0.39 is 17.6 Å². The summed E-state index contributed by atoms with van der Waals surface area (Å²) in [5.74, 6) is -1.06. The molecule has 2 atom stereocenters. The Labute approximate surface area is 223 Å². The van der Waals surface area contributed by atoms with Crippen LogP contribution in [0.25, 0.3) is 0 Å². The fourth-order valence-electron chi connectivity index (χ4n) is 4.61. The maximum Gasteiger partial charge on any atom is 0.313 e. The van der Waals surface area contributed by atoms with Crippen LogP contribution in [0, 0.1) is 11.7 Å². The molecule has 2 amide bonds. The Hall–Kier alpha value is -3.79. The molecule has 1 fully saturated rings. The van der Waals surface area contributed by atoms with Crippen LogP contribution in [0.2, 0.25) is 0 Å². The van der Waals surface area contributed by atoms with Gasteiger partial charge in [0.25, 0.3) is 0 Å². The summed E-state index contributed by atoms with van der Waals surface area (Å²) in [7, 11) is 5.15. The van der Waals surface area contributed by atoms with E-state index in [0.717, 1.165) is 43.9 Å². The fourth-order valence-corrected chi connectivity index (χ4v) is 4.61. The fraction of sp³-hybridized carbons (Fsp3) is 0.429. The third-order valence-electron chi connectivity index (χ3n) is 6.74. The lowest BCUT2D eigenvalue weighted by atomic mass is 9.89. The number of hydrogen-bond acceptors (Lipinski definition) is 7. The highest BCUT2D eigenvalue weighted by molar-refractivity contribution is 6.39. The standard InChI is InChI=1S/C28H37FN4O5/c1-5-18-15-25(36-3)26(37-4)17-21(18)23(10-12-30)38-24-9-8-19(16-22(24)29)32-28(35)27(34)31-13-11-20-7-6-14-33(20)2/h8-10,12,15-18,20H,5-7,11,13-14,30H2,1-4H3,(H,31,34)(H,32,35)/b12-10-,23-21+. The van der Waals surface area contributed by atoms with Crippen LogP contribution < -0.4 is 21.1 Å². The summed E-state index contributed by atoms with van der Waals surface area (Å²) in [6.07, 6.45) is 10.3. The van der Waals surface area contributed by atoms with Crippen molar-refractivity contribution in [2.75, 3.05) is 39.7 Å². The molecule has 206 valence electrons. The molecular formula is C28H37FN4O5. The van der Waals surface area contributed by atoms with Crippen molar-refractivity contribution >= 4 is 17.5 Å². The van der Waals surface area contributed by atoms with Crippen LogP contribution in [-0.2, 0) is 19.1 Å². The van der Waals surface area contributed by atoms with Crippen molar-refractivity contribution in [3.05, 3.63) is 71.3 Å². The molecule has 10 heteroatoms. The molecule has 1 saturated heterocycles. The van der Waals surface area contributed by atoms with Gasteiger partial charge in [0.15, 0.2) is 23.1 Å². The van der Waals surface area contributed by atoms with E-state index in [9.17, 15) is 14.0 Å². The number of nitrogens with one attached hydrogen (secondary N) is 2. The summed E-state index contributed by atoms with van der Waals surface area (Å²) in [6, 6.07) is 4.35. The Morgan fingerprint density at radius 1 is 1.21 bits per heavy atom. The Kier molecular flexibility index (Phi) is 10.3. The van der Waals surface area contributed by atoms with Crippen LogP contribution >= 0.6 is 0 Å². The van der Waals surface area contributed by atoms with Crippen molar-refractivity contribution in [2.45, 2.75) is 38.6 Å². The number of carbonyl (C=O) groups excluding carboxylic acids is 2. The van der Waals surface area contributed by atoms with Gasteiger partial charge < -0.3 is 35.5 Å². The van der Waals surface area contributed by atoms with E-state index in [4.69, 9.17) is 19.9 Å². The van der Waals surface area contributed by atoms with Crippen LogP contribution in [0.5, 0.6) is 5.75 Å². The van der Waals surface area contributed by atoms with E-state index >= 15 is 0 Å². The van der Waals surface area contributed by atoms with E-state index in [-0.39, 0.29) is 17.4 Å². The first kappa shape index (κ1) is 28.8. The number of nitrogens with zero attached hydrogens (tertiary/aromatic N) is 1. The molecule has 9 nitrogen and oxygen atoms in total. The second kappa shape index (κ2) is 13.7. The van der Waals surface area contributed by atoms with Crippen LogP contribution in [0.15, 0.2) is 65.5 Å². The number of likely N-dealkylation sites (tertiary alicyclic amines) is 1. The van der Waals surface area contributed by atoms with Gasteiger partial charge in [0.2, 0.25) is 0 Å². The zero-order valence-electron chi connectivity index (χ0n) is 22.4. The number of methoxy groups -OCH3 is 2. The number of allylic oxidation sites excluding steroid dienone is 4. The number of carbonyl (C=O) groups is 2. The Morgan fingerprint density at radius 2 is 1.97 bits per heavy atom. The Balaban J connectivity index is 1.69. The van der Waals surface area contributed by atoms with Crippen molar-refractivity contribution in [3.63, 3.8) is 0 Å². The maximum atomic E-state index is 15.0. The van der Waals surface area contributed by atoms with Gasteiger partial charge in [-0.2, -0.15) is 0 Å². The van der Waals surface area contributed by atoms with Crippen molar-refractivity contribution in [3.8, 4) is 5.75 Å². The number of nitrogens with two attached hydrogens (primary N) is 1.